The first-order chi connectivity index (χ1) is 15.7. The van der Waals surface area contributed by atoms with E-state index in [4.69, 9.17) is 10.7 Å². The first-order valence-electron chi connectivity index (χ1n) is 11.5. The van der Waals surface area contributed by atoms with Crippen molar-refractivity contribution in [1.29, 1.82) is 0 Å². The van der Waals surface area contributed by atoms with Crippen LogP contribution in [0.2, 0.25) is 0 Å². The van der Waals surface area contributed by atoms with Crippen LogP contribution in [0.3, 0.4) is 0 Å². The van der Waals surface area contributed by atoms with E-state index in [0.29, 0.717) is 6.04 Å². The van der Waals surface area contributed by atoms with Crippen LogP contribution in [0.1, 0.15) is 38.2 Å². The topological polar surface area (TPSA) is 94.5 Å². The zero-order valence-electron chi connectivity index (χ0n) is 18.5. The second kappa shape index (κ2) is 9.04. The summed E-state index contributed by atoms with van der Waals surface area (Å²) in [5.74, 6) is 1.11. The molecule has 1 aliphatic carbocycles. The van der Waals surface area contributed by atoms with Gasteiger partial charge in [0.05, 0.1) is 6.20 Å². The van der Waals surface area contributed by atoms with Crippen LogP contribution < -0.4 is 11.1 Å². The van der Waals surface area contributed by atoms with Gasteiger partial charge in [-0.05, 0) is 49.9 Å². The molecule has 0 saturated heterocycles. The van der Waals surface area contributed by atoms with Gasteiger partial charge in [-0.25, -0.2) is 9.97 Å². The summed E-state index contributed by atoms with van der Waals surface area (Å²) >= 11 is 0. The van der Waals surface area contributed by atoms with E-state index in [-0.39, 0.29) is 5.95 Å². The van der Waals surface area contributed by atoms with Gasteiger partial charge in [0.25, 0.3) is 0 Å². The fourth-order valence-electron chi connectivity index (χ4n) is 4.70. The monoisotopic (exact) mass is 427 g/mol. The average Bonchev–Trinajstić information content (AvgIpc) is 3.46. The lowest BCUT2D eigenvalue weighted by molar-refractivity contribution is 0.528. The molecule has 0 unspecified atom stereocenters. The Hall–Kier alpha value is -3.32. The lowest BCUT2D eigenvalue weighted by Crippen LogP contribution is -2.27. The molecular formula is C25H29N7. The van der Waals surface area contributed by atoms with E-state index in [2.05, 4.69) is 56.0 Å². The quantitative estimate of drug-likeness (QED) is 0.458. The van der Waals surface area contributed by atoms with E-state index in [9.17, 15) is 0 Å². The van der Waals surface area contributed by atoms with Gasteiger partial charge in [0, 0.05) is 36.1 Å². The summed E-state index contributed by atoms with van der Waals surface area (Å²) in [5.41, 5.74) is 11.9. The minimum Gasteiger partial charge on any atom is -0.368 e. The van der Waals surface area contributed by atoms with Crippen LogP contribution in [0.25, 0.3) is 33.7 Å². The van der Waals surface area contributed by atoms with Gasteiger partial charge in [-0.2, -0.15) is 4.98 Å². The minimum atomic E-state index is 0.257. The van der Waals surface area contributed by atoms with Gasteiger partial charge < -0.3 is 15.6 Å². The highest BCUT2D eigenvalue weighted by Crippen LogP contribution is 2.33. The number of nitrogens with zero attached hydrogens (tertiary/aromatic N) is 5. The summed E-state index contributed by atoms with van der Waals surface area (Å²) in [7, 11) is 0. The maximum Gasteiger partial charge on any atom is 0.222 e. The Labute approximate surface area is 188 Å². The number of aromatic nitrogens is 5. The van der Waals surface area contributed by atoms with Crippen LogP contribution in [0.5, 0.6) is 0 Å². The number of imidazole rings is 1. The van der Waals surface area contributed by atoms with Crippen molar-refractivity contribution in [2.45, 2.75) is 51.6 Å². The number of nitrogen functional groups attached to an aromatic ring is 1. The Bertz CT molecular complexity index is 1220. The van der Waals surface area contributed by atoms with Crippen molar-refractivity contribution >= 4 is 17.1 Å². The summed E-state index contributed by atoms with van der Waals surface area (Å²) in [6, 6.07) is 11.5. The van der Waals surface area contributed by atoms with Crippen molar-refractivity contribution in [2.24, 2.45) is 0 Å². The molecular weight excluding hydrogens is 398 g/mol. The van der Waals surface area contributed by atoms with Crippen molar-refractivity contribution in [3.05, 3.63) is 54.5 Å². The van der Waals surface area contributed by atoms with Crippen LogP contribution in [0.15, 0.2) is 48.9 Å². The number of hydrogen-bond acceptors (Lipinski definition) is 6. The Balaban J connectivity index is 1.47. The molecule has 1 saturated carbocycles. The Morgan fingerprint density at radius 2 is 1.97 bits per heavy atom. The van der Waals surface area contributed by atoms with Crippen molar-refractivity contribution in [3.8, 4) is 22.5 Å². The molecule has 3 heterocycles. The van der Waals surface area contributed by atoms with E-state index in [1.165, 1.54) is 31.2 Å². The van der Waals surface area contributed by atoms with Crippen LogP contribution in [-0.2, 0) is 13.0 Å². The molecule has 0 bridgehead atoms. The van der Waals surface area contributed by atoms with E-state index < -0.39 is 0 Å². The number of nitrogens with two attached hydrogens (primary N) is 1. The van der Waals surface area contributed by atoms with Gasteiger partial charge in [-0.15, -0.1) is 0 Å². The summed E-state index contributed by atoms with van der Waals surface area (Å²) in [5, 5.41) is 3.71. The Morgan fingerprint density at radius 1 is 1.09 bits per heavy atom. The molecule has 3 N–H and O–H groups in total. The molecule has 164 valence electrons. The average molecular weight is 428 g/mol. The molecule has 0 atom stereocenters. The highest BCUT2D eigenvalue weighted by atomic mass is 15.2. The molecule has 0 amide bonds. The second-order valence-corrected chi connectivity index (χ2v) is 8.42. The maximum absolute atomic E-state index is 5.83. The highest BCUT2D eigenvalue weighted by molar-refractivity contribution is 5.85. The smallest absolute Gasteiger partial charge is 0.222 e. The predicted molar refractivity (Wildman–Crippen MR) is 128 cm³/mol. The molecule has 3 aromatic heterocycles. The molecule has 5 rings (SSSR count). The van der Waals surface area contributed by atoms with Gasteiger partial charge in [0.1, 0.15) is 11.3 Å². The number of anilines is 1. The SMILES string of the molecule is CCn1c(-c2ccncc2-c2cccc(CCNC3CCCC3)c2)nc2cnc(N)nc21. The number of fused-ring (bicyclic) bond motifs is 1. The summed E-state index contributed by atoms with van der Waals surface area (Å²) in [6.07, 6.45) is 11.8. The van der Waals surface area contributed by atoms with E-state index in [0.717, 1.165) is 53.2 Å². The van der Waals surface area contributed by atoms with Gasteiger partial charge in [-0.3, -0.25) is 4.98 Å². The molecule has 0 radical (unpaired) electrons. The summed E-state index contributed by atoms with van der Waals surface area (Å²) in [4.78, 5) is 17.8. The predicted octanol–water partition coefficient (Wildman–Crippen LogP) is 4.23. The Morgan fingerprint density at radius 3 is 2.81 bits per heavy atom. The first kappa shape index (κ1) is 20.6. The number of aryl methyl sites for hydroxylation is 1. The van der Waals surface area contributed by atoms with Crippen LogP contribution >= 0.6 is 0 Å². The molecule has 4 aromatic rings. The third-order valence-electron chi connectivity index (χ3n) is 6.32. The zero-order chi connectivity index (χ0) is 21.9. The number of benzene rings is 1. The molecule has 32 heavy (non-hydrogen) atoms. The summed E-state index contributed by atoms with van der Waals surface area (Å²) < 4.78 is 2.08. The molecule has 1 fully saturated rings. The number of rotatable bonds is 7. The normalized spacial score (nSPS) is 14.4. The van der Waals surface area contributed by atoms with Crippen molar-refractivity contribution in [1.82, 2.24) is 29.8 Å². The molecule has 7 heteroatoms. The molecule has 1 aliphatic rings. The van der Waals surface area contributed by atoms with Crippen LogP contribution in [0, 0.1) is 0 Å². The zero-order valence-corrected chi connectivity index (χ0v) is 18.5. The second-order valence-electron chi connectivity index (χ2n) is 8.42. The van der Waals surface area contributed by atoms with E-state index in [1.807, 2.05) is 18.5 Å². The fraction of sp³-hybridized carbons (Fsp3) is 0.360. The summed E-state index contributed by atoms with van der Waals surface area (Å²) in [6.45, 7) is 3.83. The van der Waals surface area contributed by atoms with Gasteiger partial charge in [0.2, 0.25) is 5.95 Å². The van der Waals surface area contributed by atoms with E-state index >= 15 is 0 Å². The largest absolute Gasteiger partial charge is 0.368 e. The van der Waals surface area contributed by atoms with Gasteiger partial charge >= 0.3 is 0 Å². The maximum atomic E-state index is 5.83. The van der Waals surface area contributed by atoms with Gasteiger partial charge in [-0.1, -0.05) is 37.1 Å². The van der Waals surface area contributed by atoms with Crippen LogP contribution in [0.4, 0.5) is 5.95 Å². The minimum absolute atomic E-state index is 0.257. The molecule has 0 spiro atoms. The van der Waals surface area contributed by atoms with Crippen molar-refractivity contribution < 1.29 is 0 Å². The van der Waals surface area contributed by atoms with Crippen molar-refractivity contribution in [3.63, 3.8) is 0 Å². The third kappa shape index (κ3) is 4.08. The van der Waals surface area contributed by atoms with E-state index in [1.54, 1.807) is 6.20 Å². The first-order valence-corrected chi connectivity index (χ1v) is 11.5. The molecule has 7 nitrogen and oxygen atoms in total. The van der Waals surface area contributed by atoms with Crippen LogP contribution in [-0.4, -0.2) is 37.1 Å². The lowest BCUT2D eigenvalue weighted by Gasteiger charge is -2.13. The highest BCUT2D eigenvalue weighted by Gasteiger charge is 2.18. The fourth-order valence-corrected chi connectivity index (χ4v) is 4.70. The van der Waals surface area contributed by atoms with Crippen molar-refractivity contribution in [2.75, 3.05) is 12.3 Å². The number of nitrogens with one attached hydrogen (secondary N) is 1. The lowest BCUT2D eigenvalue weighted by atomic mass is 9.98. The number of pyridine rings is 1. The van der Waals surface area contributed by atoms with Gasteiger partial charge in [0.15, 0.2) is 5.65 Å². The molecule has 1 aromatic carbocycles. The molecule has 0 aliphatic heterocycles. The Kier molecular flexibility index (Phi) is 5.81. The standard InChI is InChI=1S/C25H29N7/c1-2-32-23(30-22-16-29-25(26)31-24(22)32)20-11-12-27-15-21(20)18-7-5-6-17(14-18)10-13-28-19-8-3-4-9-19/h5-7,11-12,14-16,19,28H,2-4,8-10,13H2,1H3,(H2,26,29,31). The number of hydrogen-bond donors (Lipinski definition) is 2. The third-order valence-corrected chi connectivity index (χ3v) is 6.32.